The van der Waals surface area contributed by atoms with Crippen LogP contribution in [0.3, 0.4) is 0 Å². The van der Waals surface area contributed by atoms with Gasteiger partial charge in [0.25, 0.3) is 0 Å². The Labute approximate surface area is 206 Å². The number of fused-ring (bicyclic) bond motifs is 1. The first-order valence-corrected chi connectivity index (χ1v) is 12.5. The van der Waals surface area contributed by atoms with Crippen molar-refractivity contribution >= 4 is 6.09 Å². The minimum absolute atomic E-state index is 0.0350. The highest BCUT2D eigenvalue weighted by Gasteiger charge is 2.45. The fraction of sp³-hybridized carbons (Fsp3) is 0.731. The summed E-state index contributed by atoms with van der Waals surface area (Å²) in [6.45, 7) is 13.6. The van der Waals surface area contributed by atoms with Crippen molar-refractivity contribution in [2.24, 2.45) is 0 Å². The normalized spacial score (nSPS) is 28.1. The molecule has 35 heavy (non-hydrogen) atoms. The summed E-state index contributed by atoms with van der Waals surface area (Å²) in [5.41, 5.74) is 0.192. The van der Waals surface area contributed by atoms with Gasteiger partial charge < -0.3 is 14.7 Å². The van der Waals surface area contributed by atoms with E-state index in [0.29, 0.717) is 18.7 Å². The molecule has 6 nitrogen and oxygen atoms in total. The molecule has 9 heteroatoms. The van der Waals surface area contributed by atoms with E-state index >= 15 is 0 Å². The smallest absolute Gasteiger partial charge is 0.416 e. The summed E-state index contributed by atoms with van der Waals surface area (Å²) in [6, 6.07) is 3.72. The van der Waals surface area contributed by atoms with E-state index in [4.69, 9.17) is 4.74 Å². The molecule has 2 saturated heterocycles. The standard InChI is InChI=1S/C26H38F3N3O3/c1-17-16-31(25(5)8-10-30(11-9-25)23(34)35-24(2,3)4)12-13-32(17)22-20-7-6-19(26(27,28)29)14-18(20)15-21(22)33/h6-7,14,17,21-22,33H,8-13,15-16H2,1-5H3/t17-,21+,22+/m0/s1. The Morgan fingerprint density at radius 2 is 1.77 bits per heavy atom. The van der Waals surface area contributed by atoms with Gasteiger partial charge >= 0.3 is 12.3 Å². The molecular formula is C26H38F3N3O3. The lowest BCUT2D eigenvalue weighted by molar-refractivity contribution is -0.137. The highest BCUT2D eigenvalue weighted by Crippen LogP contribution is 2.42. The molecule has 1 aromatic carbocycles. The number of likely N-dealkylation sites (tertiary alicyclic amines) is 1. The van der Waals surface area contributed by atoms with Crippen molar-refractivity contribution in [1.82, 2.24) is 14.7 Å². The number of hydrogen-bond acceptors (Lipinski definition) is 5. The number of nitrogens with zero attached hydrogens (tertiary/aromatic N) is 3. The van der Waals surface area contributed by atoms with E-state index in [-0.39, 0.29) is 30.1 Å². The molecule has 0 unspecified atom stereocenters. The Morgan fingerprint density at radius 3 is 2.34 bits per heavy atom. The van der Waals surface area contributed by atoms with Gasteiger partial charge in [0.1, 0.15) is 5.60 Å². The zero-order valence-electron chi connectivity index (χ0n) is 21.4. The second-order valence-electron chi connectivity index (χ2n) is 11.6. The van der Waals surface area contributed by atoms with E-state index in [1.807, 2.05) is 20.8 Å². The first-order valence-electron chi connectivity index (χ1n) is 12.5. The molecule has 0 bridgehead atoms. The lowest BCUT2D eigenvalue weighted by Gasteiger charge is -2.52. The molecule has 196 valence electrons. The number of ether oxygens (including phenoxy) is 1. The van der Waals surface area contributed by atoms with E-state index in [1.165, 1.54) is 6.07 Å². The third kappa shape index (κ3) is 5.47. The van der Waals surface area contributed by atoms with Gasteiger partial charge in [-0.25, -0.2) is 4.79 Å². The molecule has 2 fully saturated rings. The van der Waals surface area contributed by atoms with Crippen molar-refractivity contribution in [1.29, 1.82) is 0 Å². The maximum absolute atomic E-state index is 13.2. The maximum Gasteiger partial charge on any atom is 0.416 e. The van der Waals surface area contributed by atoms with Crippen LogP contribution in [-0.2, 0) is 17.3 Å². The number of aliphatic hydroxyl groups excluding tert-OH is 1. The Kier molecular flexibility index (Phi) is 6.92. The summed E-state index contributed by atoms with van der Waals surface area (Å²) in [5, 5.41) is 10.8. The number of halogens is 3. The third-order valence-electron chi connectivity index (χ3n) is 7.87. The number of carbonyl (C=O) groups excluding carboxylic acids is 1. The van der Waals surface area contributed by atoms with Crippen LogP contribution in [0.5, 0.6) is 0 Å². The number of amides is 1. The summed E-state index contributed by atoms with van der Waals surface area (Å²) in [5.74, 6) is 0. The Bertz CT molecular complexity index is 938. The molecule has 1 amide bonds. The van der Waals surface area contributed by atoms with Crippen molar-refractivity contribution in [2.75, 3.05) is 32.7 Å². The van der Waals surface area contributed by atoms with E-state index in [1.54, 1.807) is 11.0 Å². The van der Waals surface area contributed by atoms with Crippen LogP contribution in [0.4, 0.5) is 18.0 Å². The molecule has 0 radical (unpaired) electrons. The molecular weight excluding hydrogens is 459 g/mol. The minimum atomic E-state index is -4.38. The predicted molar refractivity (Wildman–Crippen MR) is 127 cm³/mol. The van der Waals surface area contributed by atoms with Gasteiger partial charge in [-0.3, -0.25) is 9.80 Å². The Hall–Kier alpha value is -1.84. The first-order chi connectivity index (χ1) is 16.2. The second-order valence-corrected chi connectivity index (χ2v) is 11.6. The van der Waals surface area contributed by atoms with Crippen LogP contribution in [0, 0.1) is 0 Å². The van der Waals surface area contributed by atoms with Gasteiger partial charge in [-0.15, -0.1) is 0 Å². The average molecular weight is 498 g/mol. The van der Waals surface area contributed by atoms with Crippen LogP contribution in [-0.4, -0.2) is 81.9 Å². The van der Waals surface area contributed by atoms with E-state index in [9.17, 15) is 23.1 Å². The van der Waals surface area contributed by atoms with Gasteiger partial charge in [0.2, 0.25) is 0 Å². The number of benzene rings is 1. The van der Waals surface area contributed by atoms with Crippen molar-refractivity contribution in [3.63, 3.8) is 0 Å². The highest BCUT2D eigenvalue weighted by atomic mass is 19.4. The number of carbonyl (C=O) groups is 1. The van der Waals surface area contributed by atoms with Crippen LogP contribution in [0.2, 0.25) is 0 Å². The Balaban J connectivity index is 1.39. The Morgan fingerprint density at radius 1 is 1.11 bits per heavy atom. The van der Waals surface area contributed by atoms with Gasteiger partial charge in [0.05, 0.1) is 17.7 Å². The lowest BCUT2D eigenvalue weighted by Crippen LogP contribution is -2.62. The summed E-state index contributed by atoms with van der Waals surface area (Å²) >= 11 is 0. The zero-order valence-corrected chi connectivity index (χ0v) is 21.4. The van der Waals surface area contributed by atoms with Gasteiger partial charge in [0, 0.05) is 50.7 Å². The number of piperazine rings is 1. The molecule has 3 atom stereocenters. The fourth-order valence-corrected chi connectivity index (χ4v) is 5.88. The first kappa shape index (κ1) is 26.2. The zero-order chi connectivity index (χ0) is 25.8. The summed E-state index contributed by atoms with van der Waals surface area (Å²) in [4.78, 5) is 19.0. The minimum Gasteiger partial charge on any atom is -0.444 e. The molecule has 1 N–H and O–H groups in total. The molecule has 3 aliphatic rings. The number of rotatable bonds is 2. The van der Waals surface area contributed by atoms with Crippen molar-refractivity contribution in [2.45, 2.75) is 89.4 Å². The quantitative estimate of drug-likeness (QED) is 0.654. The van der Waals surface area contributed by atoms with Gasteiger partial charge in [-0.1, -0.05) is 6.07 Å². The molecule has 2 aliphatic heterocycles. The van der Waals surface area contributed by atoms with Gasteiger partial charge in [0.15, 0.2) is 0 Å². The van der Waals surface area contributed by atoms with Crippen molar-refractivity contribution < 1.29 is 27.8 Å². The number of alkyl halides is 3. The average Bonchev–Trinajstić information content (AvgIpc) is 3.07. The number of piperidine rings is 1. The van der Waals surface area contributed by atoms with Crippen LogP contribution in [0.15, 0.2) is 18.2 Å². The van der Waals surface area contributed by atoms with E-state index in [0.717, 1.165) is 44.1 Å². The van der Waals surface area contributed by atoms with Crippen molar-refractivity contribution in [3.8, 4) is 0 Å². The van der Waals surface area contributed by atoms with Crippen molar-refractivity contribution in [3.05, 3.63) is 34.9 Å². The maximum atomic E-state index is 13.2. The second kappa shape index (κ2) is 9.23. The van der Waals surface area contributed by atoms with E-state index in [2.05, 4.69) is 23.6 Å². The van der Waals surface area contributed by atoms with Crippen LogP contribution in [0.25, 0.3) is 0 Å². The molecule has 2 heterocycles. The molecule has 0 saturated carbocycles. The largest absolute Gasteiger partial charge is 0.444 e. The number of hydrogen-bond donors (Lipinski definition) is 1. The molecule has 0 aromatic heterocycles. The van der Waals surface area contributed by atoms with Crippen LogP contribution < -0.4 is 0 Å². The number of aliphatic hydroxyl groups is 1. The predicted octanol–water partition coefficient (Wildman–Crippen LogP) is 4.46. The summed E-state index contributed by atoms with van der Waals surface area (Å²) in [7, 11) is 0. The van der Waals surface area contributed by atoms with Gasteiger partial charge in [-0.2, -0.15) is 13.2 Å². The lowest BCUT2D eigenvalue weighted by atomic mass is 9.86. The van der Waals surface area contributed by atoms with Crippen LogP contribution in [0.1, 0.15) is 70.2 Å². The van der Waals surface area contributed by atoms with Crippen LogP contribution >= 0.6 is 0 Å². The summed E-state index contributed by atoms with van der Waals surface area (Å²) in [6.07, 6.45) is -3.40. The monoisotopic (exact) mass is 497 g/mol. The molecule has 0 spiro atoms. The molecule has 4 rings (SSSR count). The SMILES string of the molecule is C[C@H]1CN(C2(C)CCN(C(=O)OC(C)(C)C)CC2)CCN1[C@@H]1c2ccc(C(F)(F)F)cc2C[C@H]1O. The highest BCUT2D eigenvalue weighted by molar-refractivity contribution is 5.68. The topological polar surface area (TPSA) is 56.2 Å². The fourth-order valence-electron chi connectivity index (χ4n) is 5.88. The molecule has 1 aliphatic carbocycles. The summed E-state index contributed by atoms with van der Waals surface area (Å²) < 4.78 is 45.0. The third-order valence-corrected chi connectivity index (χ3v) is 7.87. The van der Waals surface area contributed by atoms with Gasteiger partial charge in [-0.05, 0) is 70.7 Å². The van der Waals surface area contributed by atoms with E-state index < -0.39 is 23.4 Å². The molecule has 1 aromatic rings.